The number of hydrogen-bond acceptors (Lipinski definition) is 1. The lowest BCUT2D eigenvalue weighted by molar-refractivity contribution is 0.0695. The van der Waals surface area contributed by atoms with E-state index in [-0.39, 0.29) is 0 Å². The molecule has 0 saturated heterocycles. The summed E-state index contributed by atoms with van der Waals surface area (Å²) in [6.45, 7) is 6.36. The van der Waals surface area contributed by atoms with E-state index in [1.807, 2.05) is 19.1 Å². The highest BCUT2D eigenvalue weighted by Crippen LogP contribution is 2.29. The van der Waals surface area contributed by atoms with Gasteiger partial charge in [0.25, 0.3) is 0 Å². The minimum absolute atomic E-state index is 0.377. The quantitative estimate of drug-likeness (QED) is 0.706. The van der Waals surface area contributed by atoms with E-state index < -0.39 is 5.97 Å². The van der Waals surface area contributed by atoms with Crippen molar-refractivity contribution in [3.63, 3.8) is 0 Å². The summed E-state index contributed by atoms with van der Waals surface area (Å²) >= 11 is 0. The largest absolute Gasteiger partial charge is 0.478 e. The Morgan fingerprint density at radius 3 is 2.56 bits per heavy atom. The van der Waals surface area contributed by atoms with E-state index in [2.05, 4.69) is 13.8 Å². The topological polar surface area (TPSA) is 37.3 Å². The molecule has 1 atom stereocenters. The van der Waals surface area contributed by atoms with Crippen molar-refractivity contribution in [1.29, 1.82) is 0 Å². The molecule has 2 nitrogen and oxygen atoms in total. The summed E-state index contributed by atoms with van der Waals surface area (Å²) in [7, 11) is 0. The van der Waals surface area contributed by atoms with Gasteiger partial charge in [0.15, 0.2) is 0 Å². The van der Waals surface area contributed by atoms with Crippen LogP contribution in [0.2, 0.25) is 0 Å². The van der Waals surface area contributed by atoms with Gasteiger partial charge in [-0.05, 0) is 37.3 Å². The van der Waals surface area contributed by atoms with Crippen LogP contribution in [-0.2, 0) is 0 Å². The van der Waals surface area contributed by atoms with E-state index in [1.54, 1.807) is 6.07 Å². The van der Waals surface area contributed by atoms with Crippen molar-refractivity contribution in [3.05, 3.63) is 34.9 Å². The molecule has 100 valence electrons. The standard InChI is InChI=1S/C16H24O2/c1-4-6-7-8-13(5-2)15-11-12(3)9-10-14(15)16(17)18/h9-11,13H,4-8H2,1-3H3,(H,17,18). The maximum Gasteiger partial charge on any atom is 0.335 e. The number of rotatable bonds is 7. The van der Waals surface area contributed by atoms with Gasteiger partial charge in [-0.2, -0.15) is 0 Å². The van der Waals surface area contributed by atoms with Gasteiger partial charge in [0, 0.05) is 0 Å². The summed E-state index contributed by atoms with van der Waals surface area (Å²) in [4.78, 5) is 11.3. The Bertz CT molecular complexity index is 396. The molecule has 1 aromatic carbocycles. The number of carbonyl (C=O) groups is 1. The van der Waals surface area contributed by atoms with E-state index in [0.29, 0.717) is 11.5 Å². The van der Waals surface area contributed by atoms with Crippen LogP contribution in [0.25, 0.3) is 0 Å². The average Bonchev–Trinajstić information content (AvgIpc) is 2.34. The zero-order valence-electron chi connectivity index (χ0n) is 11.7. The molecule has 0 radical (unpaired) electrons. The molecule has 0 spiro atoms. The molecular weight excluding hydrogens is 224 g/mol. The van der Waals surface area contributed by atoms with Crippen molar-refractivity contribution in [3.8, 4) is 0 Å². The lowest BCUT2D eigenvalue weighted by Crippen LogP contribution is -2.07. The fourth-order valence-electron chi connectivity index (χ4n) is 2.43. The monoisotopic (exact) mass is 248 g/mol. The Morgan fingerprint density at radius 1 is 1.28 bits per heavy atom. The van der Waals surface area contributed by atoms with Crippen molar-refractivity contribution in [1.82, 2.24) is 0 Å². The van der Waals surface area contributed by atoms with Gasteiger partial charge in [0.2, 0.25) is 0 Å². The first kappa shape index (κ1) is 14.7. The Balaban J connectivity index is 2.95. The summed E-state index contributed by atoms with van der Waals surface area (Å²) in [5.74, 6) is -0.429. The number of carboxylic acids is 1. The van der Waals surface area contributed by atoms with Gasteiger partial charge in [0.05, 0.1) is 5.56 Å². The lowest BCUT2D eigenvalue weighted by atomic mass is 9.87. The first-order valence-electron chi connectivity index (χ1n) is 6.94. The molecule has 1 rings (SSSR count). The fourth-order valence-corrected chi connectivity index (χ4v) is 2.43. The van der Waals surface area contributed by atoms with Crippen molar-refractivity contribution in [2.45, 2.75) is 58.8 Å². The predicted molar refractivity (Wildman–Crippen MR) is 75.3 cm³/mol. The van der Waals surface area contributed by atoms with E-state index in [9.17, 15) is 9.90 Å². The maximum absolute atomic E-state index is 11.3. The molecule has 0 amide bonds. The van der Waals surface area contributed by atoms with Gasteiger partial charge in [-0.25, -0.2) is 4.79 Å². The molecule has 0 aliphatic rings. The molecule has 0 aliphatic carbocycles. The second kappa shape index (κ2) is 7.20. The second-order valence-corrected chi connectivity index (χ2v) is 5.00. The van der Waals surface area contributed by atoms with E-state index in [1.165, 1.54) is 19.3 Å². The smallest absolute Gasteiger partial charge is 0.335 e. The molecule has 18 heavy (non-hydrogen) atoms. The fraction of sp³-hybridized carbons (Fsp3) is 0.562. The van der Waals surface area contributed by atoms with Gasteiger partial charge in [-0.3, -0.25) is 0 Å². The normalized spacial score (nSPS) is 12.4. The number of carboxylic acid groups (broad SMARTS) is 1. The summed E-state index contributed by atoms with van der Waals surface area (Å²) in [5, 5.41) is 9.27. The highest BCUT2D eigenvalue weighted by atomic mass is 16.4. The van der Waals surface area contributed by atoms with Crippen LogP contribution in [0, 0.1) is 6.92 Å². The first-order valence-corrected chi connectivity index (χ1v) is 6.94. The number of aromatic carboxylic acids is 1. The lowest BCUT2D eigenvalue weighted by Gasteiger charge is -2.18. The Labute approximate surface area is 110 Å². The number of hydrogen-bond donors (Lipinski definition) is 1. The molecule has 1 N–H and O–H groups in total. The van der Waals surface area contributed by atoms with Crippen molar-refractivity contribution >= 4 is 5.97 Å². The molecular formula is C16H24O2. The van der Waals surface area contributed by atoms with Crippen LogP contribution in [0.3, 0.4) is 0 Å². The molecule has 1 aromatic rings. The van der Waals surface area contributed by atoms with Gasteiger partial charge < -0.3 is 5.11 Å². The summed E-state index contributed by atoms with van der Waals surface area (Å²) in [5.41, 5.74) is 2.63. The van der Waals surface area contributed by atoms with Crippen LogP contribution in [0.4, 0.5) is 0 Å². The van der Waals surface area contributed by atoms with Gasteiger partial charge >= 0.3 is 5.97 Å². The molecule has 0 aliphatic heterocycles. The van der Waals surface area contributed by atoms with E-state index in [0.717, 1.165) is 24.0 Å². The Hall–Kier alpha value is -1.31. The SMILES string of the molecule is CCCCCC(CC)c1cc(C)ccc1C(=O)O. The van der Waals surface area contributed by atoms with Gasteiger partial charge in [0.1, 0.15) is 0 Å². The third-order valence-electron chi connectivity index (χ3n) is 3.53. The average molecular weight is 248 g/mol. The van der Waals surface area contributed by atoms with Crippen LogP contribution in [-0.4, -0.2) is 11.1 Å². The van der Waals surface area contributed by atoms with Crippen LogP contribution in [0.1, 0.15) is 73.4 Å². The second-order valence-electron chi connectivity index (χ2n) is 5.00. The third kappa shape index (κ3) is 3.86. The molecule has 0 bridgehead atoms. The maximum atomic E-state index is 11.3. The molecule has 1 unspecified atom stereocenters. The van der Waals surface area contributed by atoms with Crippen molar-refractivity contribution in [2.75, 3.05) is 0 Å². The van der Waals surface area contributed by atoms with Crippen LogP contribution < -0.4 is 0 Å². The Kier molecular flexibility index (Phi) is 5.90. The minimum Gasteiger partial charge on any atom is -0.478 e. The number of benzene rings is 1. The third-order valence-corrected chi connectivity index (χ3v) is 3.53. The summed E-state index contributed by atoms with van der Waals surface area (Å²) in [6, 6.07) is 5.67. The van der Waals surface area contributed by atoms with Crippen LogP contribution in [0.5, 0.6) is 0 Å². The molecule has 0 fully saturated rings. The van der Waals surface area contributed by atoms with Crippen LogP contribution >= 0.6 is 0 Å². The van der Waals surface area contributed by atoms with E-state index in [4.69, 9.17) is 0 Å². The predicted octanol–water partition coefficient (Wildman–Crippen LogP) is 4.77. The molecule has 0 aromatic heterocycles. The summed E-state index contributed by atoms with van der Waals surface area (Å²) < 4.78 is 0. The van der Waals surface area contributed by atoms with Gasteiger partial charge in [-0.1, -0.05) is 50.8 Å². The Morgan fingerprint density at radius 2 is 2.00 bits per heavy atom. The zero-order valence-corrected chi connectivity index (χ0v) is 11.7. The zero-order chi connectivity index (χ0) is 13.5. The molecule has 0 saturated carbocycles. The van der Waals surface area contributed by atoms with Gasteiger partial charge in [-0.15, -0.1) is 0 Å². The van der Waals surface area contributed by atoms with Crippen molar-refractivity contribution in [2.24, 2.45) is 0 Å². The molecule has 2 heteroatoms. The first-order chi connectivity index (χ1) is 8.60. The molecule has 0 heterocycles. The summed E-state index contributed by atoms with van der Waals surface area (Å²) in [6.07, 6.45) is 5.71. The minimum atomic E-state index is -0.807. The highest BCUT2D eigenvalue weighted by Gasteiger charge is 2.17. The number of unbranched alkanes of at least 4 members (excludes halogenated alkanes) is 2. The van der Waals surface area contributed by atoms with E-state index >= 15 is 0 Å². The van der Waals surface area contributed by atoms with Crippen molar-refractivity contribution < 1.29 is 9.90 Å². The highest BCUT2D eigenvalue weighted by molar-refractivity contribution is 5.89. The van der Waals surface area contributed by atoms with Crippen LogP contribution in [0.15, 0.2) is 18.2 Å². The number of aryl methyl sites for hydroxylation is 1.